The highest BCUT2D eigenvalue weighted by Gasteiger charge is 2.34. The normalized spacial score (nSPS) is 12.2. The lowest BCUT2D eigenvalue weighted by atomic mass is 10.1. The molecule has 0 radical (unpaired) electrons. The molecule has 0 aromatic heterocycles. The number of carbonyl (C=O) groups is 2. The molecule has 39 heavy (non-hydrogen) atoms. The lowest BCUT2D eigenvalue weighted by Gasteiger charge is -2.33. The summed E-state index contributed by atoms with van der Waals surface area (Å²) in [6, 6.07) is 16.7. The molecule has 0 aliphatic rings. The Kier molecular flexibility index (Phi) is 10.4. The average molecular weight is 595 g/mol. The van der Waals surface area contributed by atoms with Gasteiger partial charge < -0.3 is 10.2 Å². The minimum absolute atomic E-state index is 0.00438. The van der Waals surface area contributed by atoms with Crippen LogP contribution in [0.25, 0.3) is 0 Å². The third-order valence-corrected chi connectivity index (χ3v) is 8.21. The third-order valence-electron chi connectivity index (χ3n) is 5.88. The molecule has 2 amide bonds. The van der Waals surface area contributed by atoms with Crippen molar-refractivity contribution in [2.75, 3.05) is 10.8 Å². The van der Waals surface area contributed by atoms with Gasteiger partial charge in [-0.3, -0.25) is 13.9 Å². The summed E-state index contributed by atoms with van der Waals surface area (Å²) >= 11 is 12.0. The number of nitrogens with zero attached hydrogens (tertiary/aromatic N) is 2. The molecular weight excluding hydrogens is 564 g/mol. The van der Waals surface area contributed by atoms with Gasteiger partial charge in [-0.15, -0.1) is 0 Å². The Labute approximate surface area is 238 Å². The van der Waals surface area contributed by atoms with Crippen molar-refractivity contribution in [3.8, 4) is 0 Å². The molecule has 11 heteroatoms. The summed E-state index contributed by atoms with van der Waals surface area (Å²) in [5, 5.41) is 3.05. The van der Waals surface area contributed by atoms with E-state index < -0.39 is 34.3 Å². The zero-order chi connectivity index (χ0) is 28.7. The smallest absolute Gasteiger partial charge is 0.264 e. The molecule has 0 saturated heterocycles. The molecule has 0 aliphatic heterocycles. The predicted octanol–water partition coefficient (Wildman–Crippen LogP) is 5.66. The van der Waals surface area contributed by atoms with E-state index in [1.807, 2.05) is 13.8 Å². The summed E-state index contributed by atoms with van der Waals surface area (Å²) in [6.07, 6.45) is 0.283. The number of benzene rings is 3. The van der Waals surface area contributed by atoms with Crippen molar-refractivity contribution in [3.63, 3.8) is 0 Å². The van der Waals surface area contributed by atoms with Crippen LogP contribution in [0, 0.1) is 5.82 Å². The number of rotatable bonds is 11. The van der Waals surface area contributed by atoms with Gasteiger partial charge in [0.25, 0.3) is 10.0 Å². The van der Waals surface area contributed by atoms with Gasteiger partial charge in [-0.25, -0.2) is 12.8 Å². The van der Waals surface area contributed by atoms with Gasteiger partial charge in [-0.05, 0) is 68.3 Å². The fourth-order valence-electron chi connectivity index (χ4n) is 3.98. The van der Waals surface area contributed by atoms with E-state index in [1.54, 1.807) is 49.4 Å². The van der Waals surface area contributed by atoms with E-state index in [4.69, 9.17) is 23.2 Å². The molecule has 208 valence electrons. The average Bonchev–Trinajstić information content (AvgIpc) is 2.90. The fraction of sp³-hybridized carbons (Fsp3) is 0.286. The zero-order valence-electron chi connectivity index (χ0n) is 21.8. The van der Waals surface area contributed by atoms with Crippen LogP contribution in [-0.2, 0) is 26.2 Å². The van der Waals surface area contributed by atoms with Gasteiger partial charge in [0.1, 0.15) is 18.4 Å². The Morgan fingerprint density at radius 2 is 1.62 bits per heavy atom. The van der Waals surface area contributed by atoms with Crippen molar-refractivity contribution in [2.45, 2.75) is 50.7 Å². The van der Waals surface area contributed by atoms with Gasteiger partial charge in [0.15, 0.2) is 0 Å². The minimum atomic E-state index is -4.28. The summed E-state index contributed by atoms with van der Waals surface area (Å²) in [5.74, 6) is -1.72. The van der Waals surface area contributed by atoms with Gasteiger partial charge in [0.2, 0.25) is 11.8 Å². The van der Waals surface area contributed by atoms with Crippen LogP contribution >= 0.6 is 23.2 Å². The maximum Gasteiger partial charge on any atom is 0.264 e. The molecule has 3 rings (SSSR count). The maximum absolute atomic E-state index is 14.0. The van der Waals surface area contributed by atoms with Crippen molar-refractivity contribution in [1.29, 1.82) is 0 Å². The molecule has 1 unspecified atom stereocenters. The first kappa shape index (κ1) is 30.4. The molecule has 7 nitrogen and oxygen atoms in total. The molecule has 0 bridgehead atoms. The topological polar surface area (TPSA) is 86.8 Å². The van der Waals surface area contributed by atoms with E-state index >= 15 is 0 Å². The molecule has 0 fully saturated rings. The number of halogens is 3. The first-order chi connectivity index (χ1) is 18.4. The summed E-state index contributed by atoms with van der Waals surface area (Å²) < 4.78 is 42.3. The van der Waals surface area contributed by atoms with Crippen LogP contribution < -0.4 is 9.62 Å². The zero-order valence-corrected chi connectivity index (χ0v) is 24.1. The van der Waals surface area contributed by atoms with E-state index in [0.29, 0.717) is 10.6 Å². The first-order valence-corrected chi connectivity index (χ1v) is 14.5. The second-order valence-electron chi connectivity index (χ2n) is 9.16. The summed E-state index contributed by atoms with van der Waals surface area (Å²) in [5.41, 5.74) is 0.704. The molecular formula is C28H30Cl2FN3O4S. The molecule has 0 aliphatic carbocycles. The molecule has 3 aromatic carbocycles. The number of carbonyl (C=O) groups excluding carboxylic acids is 2. The van der Waals surface area contributed by atoms with Crippen molar-refractivity contribution in [3.05, 3.63) is 94.2 Å². The predicted molar refractivity (Wildman–Crippen MR) is 152 cm³/mol. The van der Waals surface area contributed by atoms with E-state index in [0.717, 1.165) is 16.4 Å². The van der Waals surface area contributed by atoms with E-state index in [-0.39, 0.29) is 40.5 Å². The number of hydrogen-bond donors (Lipinski definition) is 1. The largest absolute Gasteiger partial charge is 0.352 e. The van der Waals surface area contributed by atoms with Gasteiger partial charge in [-0.2, -0.15) is 0 Å². The first-order valence-electron chi connectivity index (χ1n) is 12.3. The molecule has 0 spiro atoms. The quantitative estimate of drug-likeness (QED) is 0.311. The number of amides is 2. The lowest BCUT2D eigenvalue weighted by Crippen LogP contribution is -2.53. The minimum Gasteiger partial charge on any atom is -0.352 e. The maximum atomic E-state index is 14.0. The third kappa shape index (κ3) is 7.71. The summed E-state index contributed by atoms with van der Waals surface area (Å²) in [4.78, 5) is 28.3. The van der Waals surface area contributed by atoms with E-state index in [2.05, 4.69) is 5.32 Å². The van der Waals surface area contributed by atoms with Crippen LogP contribution in [0.1, 0.15) is 32.8 Å². The highest BCUT2D eigenvalue weighted by atomic mass is 35.5. The highest BCUT2D eigenvalue weighted by molar-refractivity contribution is 7.92. The van der Waals surface area contributed by atoms with Gasteiger partial charge in [0, 0.05) is 17.6 Å². The van der Waals surface area contributed by atoms with Crippen LogP contribution in [0.2, 0.25) is 10.0 Å². The summed E-state index contributed by atoms with van der Waals surface area (Å²) in [6.45, 7) is 4.76. The number of sulfonamides is 1. The monoisotopic (exact) mass is 593 g/mol. The molecule has 0 heterocycles. The Balaban J connectivity index is 2.07. The van der Waals surface area contributed by atoms with Gasteiger partial charge in [-0.1, -0.05) is 60.5 Å². The molecule has 1 atom stereocenters. The fourth-order valence-corrected chi connectivity index (χ4v) is 5.70. The molecule has 1 N–H and O–H groups in total. The number of anilines is 1. The van der Waals surface area contributed by atoms with Crippen LogP contribution in [0.5, 0.6) is 0 Å². The van der Waals surface area contributed by atoms with Crippen LogP contribution in [0.3, 0.4) is 0 Å². The second kappa shape index (κ2) is 13.3. The Hall–Kier alpha value is -3.14. The Morgan fingerprint density at radius 1 is 0.974 bits per heavy atom. The SMILES string of the molecule is CCC(C(=O)NC(C)C)N(Cc1ccc(Cl)cc1)C(=O)CN(c1ccc(F)c(Cl)c1)S(=O)(=O)c1ccccc1. The van der Waals surface area contributed by atoms with E-state index in [9.17, 15) is 22.4 Å². The summed E-state index contributed by atoms with van der Waals surface area (Å²) in [7, 11) is -4.28. The second-order valence-corrected chi connectivity index (χ2v) is 11.9. The van der Waals surface area contributed by atoms with Crippen LogP contribution in [-0.4, -0.2) is 43.8 Å². The van der Waals surface area contributed by atoms with Gasteiger partial charge >= 0.3 is 0 Å². The Bertz CT molecular complexity index is 1400. The van der Waals surface area contributed by atoms with Gasteiger partial charge in [0.05, 0.1) is 15.6 Å². The molecule has 3 aromatic rings. The number of nitrogens with one attached hydrogen (secondary N) is 1. The molecule has 0 saturated carbocycles. The lowest BCUT2D eigenvalue weighted by molar-refractivity contribution is -0.140. The Morgan fingerprint density at radius 3 is 2.18 bits per heavy atom. The standard InChI is InChI=1S/C28H30Cl2FN3O4S/c1-4-26(28(36)32-19(2)3)33(17-20-10-12-21(29)13-11-20)27(35)18-34(22-14-15-25(31)24(30)16-22)39(37,38)23-8-6-5-7-9-23/h5-16,19,26H,4,17-18H2,1-3H3,(H,32,36). The van der Waals surface area contributed by atoms with Crippen LogP contribution in [0.15, 0.2) is 77.7 Å². The highest BCUT2D eigenvalue weighted by Crippen LogP contribution is 2.28. The van der Waals surface area contributed by atoms with E-state index in [1.165, 1.54) is 23.1 Å². The van der Waals surface area contributed by atoms with Crippen molar-refractivity contribution in [2.24, 2.45) is 0 Å². The number of hydrogen-bond acceptors (Lipinski definition) is 4. The van der Waals surface area contributed by atoms with Crippen molar-refractivity contribution < 1.29 is 22.4 Å². The van der Waals surface area contributed by atoms with Crippen molar-refractivity contribution in [1.82, 2.24) is 10.2 Å². The van der Waals surface area contributed by atoms with Crippen LogP contribution in [0.4, 0.5) is 10.1 Å². The van der Waals surface area contributed by atoms with Crippen molar-refractivity contribution >= 4 is 50.7 Å².